The first kappa shape index (κ1) is 14.6. The molecule has 8 heteroatoms. The van der Waals surface area contributed by atoms with Crippen LogP contribution >= 0.6 is 0 Å². The van der Waals surface area contributed by atoms with Crippen molar-refractivity contribution in [2.75, 3.05) is 0 Å². The Kier molecular flexibility index (Phi) is 3.70. The Balaban J connectivity index is 2.71. The minimum Gasteiger partial charge on any atom is -0.287 e. The lowest BCUT2D eigenvalue weighted by Crippen LogP contribution is -2.16. The number of benzene rings is 1. The Morgan fingerprint density at radius 2 is 1.86 bits per heavy atom. The number of alkyl halides is 3. The number of nitro groups is 1. The van der Waals surface area contributed by atoms with Gasteiger partial charge in [-0.05, 0) is 18.2 Å². The van der Waals surface area contributed by atoms with E-state index in [1.165, 1.54) is 24.4 Å². The van der Waals surface area contributed by atoms with Crippen LogP contribution in [0.4, 0.5) is 18.9 Å². The van der Waals surface area contributed by atoms with Gasteiger partial charge in [-0.25, -0.2) is 0 Å². The maximum atomic E-state index is 13.0. The number of hydrogen-bond acceptors (Lipinski definition) is 4. The van der Waals surface area contributed by atoms with Crippen LogP contribution in [0.1, 0.15) is 21.6 Å². The average Bonchev–Trinajstić information content (AvgIpc) is 2.45. The Labute approximate surface area is 116 Å². The molecular formula is C13H7F3N2O3. The van der Waals surface area contributed by atoms with Gasteiger partial charge in [0.2, 0.25) is 5.78 Å². The van der Waals surface area contributed by atoms with Gasteiger partial charge in [-0.3, -0.25) is 19.9 Å². The van der Waals surface area contributed by atoms with Gasteiger partial charge in [0.15, 0.2) is 0 Å². The van der Waals surface area contributed by atoms with Crippen molar-refractivity contribution in [1.82, 2.24) is 4.98 Å². The number of hydrogen-bond donors (Lipinski definition) is 0. The predicted molar refractivity (Wildman–Crippen MR) is 65.8 cm³/mol. The first-order valence-electron chi connectivity index (χ1n) is 5.62. The molecule has 1 aromatic heterocycles. The molecule has 2 aromatic rings. The zero-order valence-corrected chi connectivity index (χ0v) is 10.3. The number of carbonyl (C=O) groups is 1. The second kappa shape index (κ2) is 5.31. The number of rotatable bonds is 3. The fourth-order valence-corrected chi connectivity index (χ4v) is 1.79. The first-order chi connectivity index (χ1) is 9.82. The molecule has 0 saturated carbocycles. The molecule has 2 rings (SSSR count). The highest BCUT2D eigenvalue weighted by Gasteiger charge is 2.39. The predicted octanol–water partition coefficient (Wildman–Crippen LogP) is 3.24. The maximum absolute atomic E-state index is 13.0. The van der Waals surface area contributed by atoms with E-state index in [0.717, 1.165) is 12.1 Å². The fourth-order valence-electron chi connectivity index (χ4n) is 1.79. The summed E-state index contributed by atoms with van der Waals surface area (Å²) in [5.41, 5.74) is -3.56. The third kappa shape index (κ3) is 2.88. The van der Waals surface area contributed by atoms with Crippen molar-refractivity contribution in [3.8, 4) is 0 Å². The van der Waals surface area contributed by atoms with E-state index in [0.29, 0.717) is 6.07 Å². The molecule has 0 spiro atoms. The number of ketones is 1. The second-order valence-corrected chi connectivity index (χ2v) is 4.00. The molecule has 1 aromatic carbocycles. The molecule has 0 aliphatic carbocycles. The van der Waals surface area contributed by atoms with Crippen molar-refractivity contribution in [3.05, 3.63) is 69.5 Å². The summed E-state index contributed by atoms with van der Waals surface area (Å²) in [6.45, 7) is 0. The van der Waals surface area contributed by atoms with Crippen molar-refractivity contribution in [2.24, 2.45) is 0 Å². The van der Waals surface area contributed by atoms with Gasteiger partial charge in [0.25, 0.3) is 5.69 Å². The van der Waals surface area contributed by atoms with Crippen LogP contribution < -0.4 is 0 Å². The lowest BCUT2D eigenvalue weighted by Gasteiger charge is -2.11. The van der Waals surface area contributed by atoms with E-state index < -0.39 is 33.7 Å². The molecule has 1 heterocycles. The molecule has 0 aliphatic rings. The van der Waals surface area contributed by atoms with Crippen molar-refractivity contribution < 1.29 is 22.9 Å². The molecule has 21 heavy (non-hydrogen) atoms. The van der Waals surface area contributed by atoms with Gasteiger partial charge in [-0.2, -0.15) is 13.2 Å². The largest absolute Gasteiger partial charge is 0.417 e. The van der Waals surface area contributed by atoms with Crippen LogP contribution in [0.15, 0.2) is 42.6 Å². The van der Waals surface area contributed by atoms with Gasteiger partial charge in [-0.15, -0.1) is 0 Å². The molecule has 0 fully saturated rings. The lowest BCUT2D eigenvalue weighted by atomic mass is 9.98. The highest BCUT2D eigenvalue weighted by molar-refractivity contribution is 6.11. The molecule has 0 aliphatic heterocycles. The minimum absolute atomic E-state index is 0.294. The summed E-state index contributed by atoms with van der Waals surface area (Å²) in [7, 11) is 0. The second-order valence-electron chi connectivity index (χ2n) is 4.00. The van der Waals surface area contributed by atoms with Gasteiger partial charge in [0, 0.05) is 12.3 Å². The van der Waals surface area contributed by atoms with E-state index in [9.17, 15) is 28.1 Å². The van der Waals surface area contributed by atoms with Gasteiger partial charge in [-0.1, -0.05) is 12.1 Å². The summed E-state index contributed by atoms with van der Waals surface area (Å²) in [6, 6.07) is 6.44. The number of aromatic nitrogens is 1. The summed E-state index contributed by atoms with van der Waals surface area (Å²) in [5.74, 6) is -1.14. The molecule has 0 bridgehead atoms. The van der Waals surface area contributed by atoms with E-state index >= 15 is 0 Å². The SMILES string of the molecule is O=C(c1ccccn1)c1c([N+](=O)[O-])cccc1C(F)(F)F. The number of pyridine rings is 1. The summed E-state index contributed by atoms with van der Waals surface area (Å²) >= 11 is 0. The Morgan fingerprint density at radius 1 is 1.14 bits per heavy atom. The Hall–Kier alpha value is -2.77. The summed E-state index contributed by atoms with van der Waals surface area (Å²) in [5, 5.41) is 10.9. The average molecular weight is 296 g/mol. The highest BCUT2D eigenvalue weighted by Crippen LogP contribution is 2.36. The van der Waals surface area contributed by atoms with Gasteiger partial charge in [0.05, 0.1) is 10.5 Å². The molecule has 0 amide bonds. The van der Waals surface area contributed by atoms with Crippen LogP contribution in [-0.2, 0) is 6.18 Å². The Bertz CT molecular complexity index is 700. The topological polar surface area (TPSA) is 73.1 Å². The van der Waals surface area contributed by atoms with Crippen molar-refractivity contribution in [2.45, 2.75) is 6.18 Å². The van der Waals surface area contributed by atoms with E-state index in [-0.39, 0.29) is 5.69 Å². The standard InChI is InChI=1S/C13H7F3N2O3/c14-13(15,16)8-4-3-6-10(18(20)21)11(8)12(19)9-5-1-2-7-17-9/h1-7H. The Morgan fingerprint density at radius 3 is 2.38 bits per heavy atom. The van der Waals surface area contributed by atoms with Gasteiger partial charge < -0.3 is 0 Å². The summed E-state index contributed by atoms with van der Waals surface area (Å²) in [4.78, 5) is 25.7. The van der Waals surface area contributed by atoms with E-state index in [1.807, 2.05) is 0 Å². The van der Waals surface area contributed by atoms with Crippen molar-refractivity contribution in [3.63, 3.8) is 0 Å². The lowest BCUT2D eigenvalue weighted by molar-refractivity contribution is -0.385. The summed E-state index contributed by atoms with van der Waals surface area (Å²) < 4.78 is 38.9. The number of carbonyl (C=O) groups excluding carboxylic acids is 1. The van der Waals surface area contributed by atoms with Crippen molar-refractivity contribution in [1.29, 1.82) is 0 Å². The molecule has 5 nitrogen and oxygen atoms in total. The van der Waals surface area contributed by atoms with E-state index in [4.69, 9.17) is 0 Å². The number of nitro benzene ring substituents is 1. The molecule has 0 atom stereocenters. The first-order valence-corrected chi connectivity index (χ1v) is 5.62. The van der Waals surface area contributed by atoms with Crippen LogP contribution in [0, 0.1) is 10.1 Å². The minimum atomic E-state index is -4.88. The molecule has 0 N–H and O–H groups in total. The van der Waals surface area contributed by atoms with E-state index in [2.05, 4.69) is 4.98 Å². The molecule has 0 unspecified atom stereocenters. The third-order valence-corrected chi connectivity index (χ3v) is 2.67. The van der Waals surface area contributed by atoms with Crippen LogP contribution in [0.25, 0.3) is 0 Å². The molecule has 0 saturated heterocycles. The van der Waals surface area contributed by atoms with Crippen LogP contribution in [-0.4, -0.2) is 15.7 Å². The third-order valence-electron chi connectivity index (χ3n) is 2.67. The molecule has 108 valence electrons. The van der Waals surface area contributed by atoms with Crippen LogP contribution in [0.5, 0.6) is 0 Å². The number of halogens is 3. The van der Waals surface area contributed by atoms with Crippen LogP contribution in [0.2, 0.25) is 0 Å². The van der Waals surface area contributed by atoms with Crippen molar-refractivity contribution >= 4 is 11.5 Å². The highest BCUT2D eigenvalue weighted by atomic mass is 19.4. The molecule has 0 radical (unpaired) electrons. The normalized spacial score (nSPS) is 11.2. The summed E-state index contributed by atoms with van der Waals surface area (Å²) in [6.07, 6.45) is -3.67. The zero-order valence-electron chi connectivity index (χ0n) is 10.3. The molecular weight excluding hydrogens is 289 g/mol. The van der Waals surface area contributed by atoms with E-state index in [1.54, 1.807) is 0 Å². The van der Waals surface area contributed by atoms with Gasteiger partial charge >= 0.3 is 6.18 Å². The maximum Gasteiger partial charge on any atom is 0.417 e. The quantitative estimate of drug-likeness (QED) is 0.495. The fraction of sp³-hybridized carbons (Fsp3) is 0.0769. The van der Waals surface area contributed by atoms with Gasteiger partial charge in [0.1, 0.15) is 11.3 Å². The van der Waals surface area contributed by atoms with Crippen LogP contribution in [0.3, 0.4) is 0 Å². The number of nitrogens with zero attached hydrogens (tertiary/aromatic N) is 2. The monoisotopic (exact) mass is 296 g/mol. The zero-order chi connectivity index (χ0) is 15.6. The smallest absolute Gasteiger partial charge is 0.287 e.